The van der Waals surface area contributed by atoms with Crippen molar-refractivity contribution in [3.63, 3.8) is 0 Å². The van der Waals surface area contributed by atoms with Crippen molar-refractivity contribution in [3.05, 3.63) is 78.4 Å². The van der Waals surface area contributed by atoms with Crippen LogP contribution in [0.4, 0.5) is 0 Å². The van der Waals surface area contributed by atoms with E-state index in [1.807, 2.05) is 50.2 Å². The fourth-order valence-corrected chi connectivity index (χ4v) is 5.61. The van der Waals surface area contributed by atoms with Gasteiger partial charge in [-0.05, 0) is 41.0 Å². The lowest BCUT2D eigenvalue weighted by Crippen LogP contribution is -2.57. The van der Waals surface area contributed by atoms with Crippen molar-refractivity contribution in [2.24, 2.45) is 5.92 Å². The van der Waals surface area contributed by atoms with E-state index in [1.54, 1.807) is 41.3 Å². The summed E-state index contributed by atoms with van der Waals surface area (Å²) in [7, 11) is -3.67. The van der Waals surface area contributed by atoms with Crippen LogP contribution in [0, 0.1) is 5.92 Å². The molecule has 0 bridgehead atoms. The van der Waals surface area contributed by atoms with Gasteiger partial charge in [-0.1, -0.05) is 62.4 Å². The van der Waals surface area contributed by atoms with E-state index in [1.165, 1.54) is 4.31 Å². The topological polar surface area (TPSA) is 86.8 Å². The minimum Gasteiger partial charge on any atom is -0.340 e. The number of fused-ring (bicyclic) bond motifs is 1. The molecule has 1 fully saturated rings. The largest absolute Gasteiger partial charge is 0.340 e. The summed E-state index contributed by atoms with van der Waals surface area (Å²) in [6, 6.07) is 20.9. The Labute approximate surface area is 200 Å². The van der Waals surface area contributed by atoms with Crippen molar-refractivity contribution in [2.75, 3.05) is 26.2 Å². The van der Waals surface area contributed by atoms with E-state index in [4.69, 9.17) is 0 Å². The number of hydrogen-bond donors (Lipinski definition) is 1. The van der Waals surface area contributed by atoms with Crippen LogP contribution >= 0.6 is 0 Å². The number of nitrogens with zero attached hydrogens (tertiary/aromatic N) is 2. The number of sulfonamides is 1. The maximum absolute atomic E-state index is 13.2. The second kappa shape index (κ2) is 9.95. The number of rotatable bonds is 6. The molecular weight excluding hydrogens is 450 g/mol. The minimum absolute atomic E-state index is 0.112. The summed E-state index contributed by atoms with van der Waals surface area (Å²) in [6.07, 6.45) is 0. The molecule has 3 aromatic rings. The van der Waals surface area contributed by atoms with E-state index in [-0.39, 0.29) is 48.8 Å². The predicted octanol–water partition coefficient (Wildman–Crippen LogP) is 3.13. The van der Waals surface area contributed by atoms with Crippen LogP contribution in [0.3, 0.4) is 0 Å². The highest BCUT2D eigenvalue weighted by Crippen LogP contribution is 2.23. The molecular formula is C26H29N3O4S. The van der Waals surface area contributed by atoms with Crippen molar-refractivity contribution in [3.8, 4) is 0 Å². The second-order valence-electron chi connectivity index (χ2n) is 8.80. The Morgan fingerprint density at radius 1 is 0.824 bits per heavy atom. The summed E-state index contributed by atoms with van der Waals surface area (Å²) in [5.41, 5.74) is 0.493. The van der Waals surface area contributed by atoms with Crippen molar-refractivity contribution in [1.82, 2.24) is 14.5 Å². The van der Waals surface area contributed by atoms with Crippen molar-refractivity contribution in [2.45, 2.75) is 24.8 Å². The van der Waals surface area contributed by atoms with Crippen LogP contribution in [0.15, 0.2) is 77.7 Å². The Bertz CT molecular complexity index is 1280. The predicted molar refractivity (Wildman–Crippen MR) is 132 cm³/mol. The van der Waals surface area contributed by atoms with Crippen LogP contribution in [0.1, 0.15) is 24.2 Å². The number of carbonyl (C=O) groups is 2. The molecule has 1 aliphatic rings. The molecule has 4 rings (SSSR count). The molecule has 1 unspecified atom stereocenters. The number of hydrogen-bond acceptors (Lipinski definition) is 4. The summed E-state index contributed by atoms with van der Waals surface area (Å²) in [5.74, 6) is -0.605. The second-order valence-corrected chi connectivity index (χ2v) is 10.7. The van der Waals surface area contributed by atoms with Crippen molar-refractivity contribution >= 4 is 32.6 Å². The van der Waals surface area contributed by atoms with E-state index in [0.717, 1.165) is 10.8 Å². The molecule has 1 heterocycles. The van der Waals surface area contributed by atoms with Crippen LogP contribution in [-0.4, -0.2) is 61.7 Å². The molecule has 1 aliphatic heterocycles. The molecule has 178 valence electrons. The highest BCUT2D eigenvalue weighted by Gasteiger charge is 2.34. The van der Waals surface area contributed by atoms with E-state index < -0.39 is 16.1 Å². The Morgan fingerprint density at radius 3 is 2.09 bits per heavy atom. The average Bonchev–Trinajstić information content (AvgIpc) is 2.86. The van der Waals surface area contributed by atoms with Gasteiger partial charge < -0.3 is 10.2 Å². The van der Waals surface area contributed by atoms with E-state index in [9.17, 15) is 18.0 Å². The molecule has 2 amide bonds. The molecule has 0 saturated carbocycles. The summed E-state index contributed by atoms with van der Waals surface area (Å²) in [5, 5.41) is 4.70. The SMILES string of the molecule is CC(C)C(NC(=O)c1ccccc1)C(=O)N1CCN(S(=O)(=O)c2ccc3ccccc3c2)CC1. The monoisotopic (exact) mass is 479 g/mol. The third-order valence-electron chi connectivity index (χ3n) is 6.16. The fourth-order valence-electron chi connectivity index (χ4n) is 4.15. The summed E-state index contributed by atoms with van der Waals surface area (Å²) < 4.78 is 27.9. The van der Waals surface area contributed by atoms with Crippen LogP contribution in [-0.2, 0) is 14.8 Å². The van der Waals surface area contributed by atoms with Crippen molar-refractivity contribution in [1.29, 1.82) is 0 Å². The van der Waals surface area contributed by atoms with E-state index in [2.05, 4.69) is 5.32 Å². The third-order valence-corrected chi connectivity index (χ3v) is 8.06. The first-order chi connectivity index (χ1) is 16.3. The number of piperazine rings is 1. The molecule has 3 aromatic carbocycles. The third kappa shape index (κ3) is 4.98. The quantitative estimate of drug-likeness (QED) is 0.589. The molecule has 0 aromatic heterocycles. The highest BCUT2D eigenvalue weighted by atomic mass is 32.2. The average molecular weight is 480 g/mol. The summed E-state index contributed by atoms with van der Waals surface area (Å²) >= 11 is 0. The number of carbonyl (C=O) groups excluding carboxylic acids is 2. The molecule has 8 heteroatoms. The molecule has 1 saturated heterocycles. The lowest BCUT2D eigenvalue weighted by Gasteiger charge is -2.36. The van der Waals surface area contributed by atoms with Crippen LogP contribution in [0.5, 0.6) is 0 Å². The first kappa shape index (κ1) is 23.9. The Hall–Kier alpha value is -3.23. The van der Waals surface area contributed by atoms with Gasteiger partial charge in [-0.15, -0.1) is 0 Å². The van der Waals surface area contributed by atoms with Gasteiger partial charge in [-0.25, -0.2) is 8.42 Å². The lowest BCUT2D eigenvalue weighted by atomic mass is 10.0. The Morgan fingerprint density at radius 2 is 1.44 bits per heavy atom. The van der Waals surface area contributed by atoms with Gasteiger partial charge in [0.25, 0.3) is 5.91 Å². The molecule has 0 aliphatic carbocycles. The van der Waals surface area contributed by atoms with Gasteiger partial charge in [0, 0.05) is 31.7 Å². The first-order valence-electron chi connectivity index (χ1n) is 11.4. The van der Waals surface area contributed by atoms with Gasteiger partial charge in [0.15, 0.2) is 0 Å². The van der Waals surface area contributed by atoms with Gasteiger partial charge in [0.2, 0.25) is 15.9 Å². The van der Waals surface area contributed by atoms with Crippen LogP contribution < -0.4 is 5.32 Å². The summed E-state index contributed by atoms with van der Waals surface area (Å²) in [4.78, 5) is 27.7. The number of amides is 2. The molecule has 34 heavy (non-hydrogen) atoms. The van der Waals surface area contributed by atoms with E-state index >= 15 is 0 Å². The normalized spacial score (nSPS) is 15.9. The van der Waals surface area contributed by atoms with Gasteiger partial charge in [-0.2, -0.15) is 4.31 Å². The minimum atomic E-state index is -3.67. The first-order valence-corrected chi connectivity index (χ1v) is 12.8. The van der Waals surface area contributed by atoms with Gasteiger partial charge in [-0.3, -0.25) is 9.59 Å². The molecule has 0 radical (unpaired) electrons. The molecule has 1 atom stereocenters. The maximum Gasteiger partial charge on any atom is 0.251 e. The molecule has 1 N–H and O–H groups in total. The highest BCUT2D eigenvalue weighted by molar-refractivity contribution is 7.89. The standard InChI is InChI=1S/C26H29N3O4S/c1-19(2)24(27-25(30)21-9-4-3-5-10-21)26(31)28-14-16-29(17-15-28)34(32,33)23-13-12-20-8-6-7-11-22(20)18-23/h3-13,18-19,24H,14-17H2,1-2H3,(H,27,30). The van der Waals surface area contributed by atoms with Gasteiger partial charge in [0.05, 0.1) is 4.90 Å². The zero-order valence-corrected chi connectivity index (χ0v) is 20.2. The maximum atomic E-state index is 13.2. The van der Waals surface area contributed by atoms with Crippen LogP contribution in [0.25, 0.3) is 10.8 Å². The zero-order chi connectivity index (χ0) is 24.3. The molecule has 0 spiro atoms. The summed E-state index contributed by atoms with van der Waals surface area (Å²) in [6.45, 7) is 4.73. The van der Waals surface area contributed by atoms with Crippen LogP contribution in [0.2, 0.25) is 0 Å². The Balaban J connectivity index is 1.43. The zero-order valence-electron chi connectivity index (χ0n) is 19.3. The molecule has 7 nitrogen and oxygen atoms in total. The van der Waals surface area contributed by atoms with E-state index in [0.29, 0.717) is 5.56 Å². The number of benzene rings is 3. The lowest BCUT2D eigenvalue weighted by molar-refractivity contribution is -0.135. The number of nitrogens with one attached hydrogen (secondary N) is 1. The fraction of sp³-hybridized carbons (Fsp3) is 0.308. The Kier molecular flexibility index (Phi) is 7.00. The van der Waals surface area contributed by atoms with Gasteiger partial charge in [0.1, 0.15) is 6.04 Å². The smallest absolute Gasteiger partial charge is 0.251 e. The van der Waals surface area contributed by atoms with Crippen molar-refractivity contribution < 1.29 is 18.0 Å². The van der Waals surface area contributed by atoms with Gasteiger partial charge >= 0.3 is 0 Å².